The van der Waals surface area contributed by atoms with Gasteiger partial charge in [0.1, 0.15) is 5.69 Å². The van der Waals surface area contributed by atoms with Crippen molar-refractivity contribution in [2.45, 2.75) is 9.79 Å². The largest absolute Gasteiger partial charge is 0.395 e. The number of rotatable bonds is 7. The van der Waals surface area contributed by atoms with Crippen molar-refractivity contribution in [2.75, 3.05) is 18.5 Å². The number of hydrogen-bond donors (Lipinski definition) is 2. The summed E-state index contributed by atoms with van der Waals surface area (Å²) in [4.78, 5) is 19.0. The zero-order valence-electron chi connectivity index (χ0n) is 13.0. The molecular formula is C14H12FN3O7S. The van der Waals surface area contributed by atoms with Gasteiger partial charge < -0.3 is 10.4 Å². The summed E-state index contributed by atoms with van der Waals surface area (Å²) in [6.07, 6.45) is 0. The number of anilines is 1. The van der Waals surface area contributed by atoms with Gasteiger partial charge in [0.05, 0.1) is 26.2 Å². The third-order valence-corrected chi connectivity index (χ3v) is 5.08. The summed E-state index contributed by atoms with van der Waals surface area (Å²) in [6, 6.07) is 5.01. The quantitative estimate of drug-likeness (QED) is 0.416. The Kier molecular flexibility index (Phi) is 5.47. The van der Waals surface area contributed by atoms with Gasteiger partial charge in [0.25, 0.3) is 5.69 Å². The number of halogens is 1. The van der Waals surface area contributed by atoms with Crippen LogP contribution in [0.2, 0.25) is 0 Å². The Morgan fingerprint density at radius 1 is 1.00 bits per heavy atom. The van der Waals surface area contributed by atoms with Gasteiger partial charge in [-0.15, -0.1) is 0 Å². The van der Waals surface area contributed by atoms with E-state index in [9.17, 15) is 33.0 Å². The van der Waals surface area contributed by atoms with E-state index in [0.717, 1.165) is 24.3 Å². The summed E-state index contributed by atoms with van der Waals surface area (Å²) in [6.45, 7) is -0.284. The van der Waals surface area contributed by atoms with Crippen molar-refractivity contribution >= 4 is 26.9 Å². The van der Waals surface area contributed by atoms with Crippen molar-refractivity contribution < 1.29 is 27.8 Å². The Morgan fingerprint density at radius 3 is 2.08 bits per heavy atom. The maximum absolute atomic E-state index is 13.4. The molecule has 0 aliphatic heterocycles. The molecule has 12 heteroatoms. The first-order chi connectivity index (χ1) is 12.2. The summed E-state index contributed by atoms with van der Waals surface area (Å²) < 4.78 is 38.6. The van der Waals surface area contributed by atoms with Gasteiger partial charge in [0.15, 0.2) is 0 Å². The van der Waals surface area contributed by atoms with Gasteiger partial charge in [-0.1, -0.05) is 0 Å². The highest BCUT2D eigenvalue weighted by Crippen LogP contribution is 2.31. The molecule has 0 heterocycles. The van der Waals surface area contributed by atoms with Crippen molar-refractivity contribution in [1.82, 2.24) is 0 Å². The third kappa shape index (κ3) is 3.75. The number of aliphatic hydroxyl groups is 1. The van der Waals surface area contributed by atoms with Gasteiger partial charge in [-0.25, -0.2) is 8.42 Å². The number of nitrogens with one attached hydrogen (secondary N) is 1. The average molecular weight is 385 g/mol. The van der Waals surface area contributed by atoms with Crippen LogP contribution in [0.3, 0.4) is 0 Å². The Hall–Kier alpha value is -3.12. The fraction of sp³-hybridized carbons (Fsp3) is 0.143. The van der Waals surface area contributed by atoms with E-state index in [4.69, 9.17) is 5.11 Å². The number of nitro groups is 2. The fourth-order valence-corrected chi connectivity index (χ4v) is 3.41. The Balaban J connectivity index is 2.56. The second kappa shape index (κ2) is 7.41. The topological polar surface area (TPSA) is 153 Å². The van der Waals surface area contributed by atoms with Gasteiger partial charge in [-0.3, -0.25) is 20.2 Å². The van der Waals surface area contributed by atoms with Gasteiger partial charge >= 0.3 is 5.69 Å². The molecule has 0 saturated carbocycles. The standard InChI is InChI=1S/C14H12FN3O7S/c15-11-3-1-9(7-13(11)17(20)21)26(24,25)10-2-4-12(16-5-6-19)14(8-10)18(22)23/h1-4,7-8,16,19H,5-6H2. The number of aliphatic hydroxyl groups excluding tert-OH is 1. The molecule has 2 aromatic carbocycles. The monoisotopic (exact) mass is 385 g/mol. The van der Waals surface area contributed by atoms with E-state index in [1.54, 1.807) is 0 Å². The van der Waals surface area contributed by atoms with Crippen LogP contribution in [-0.2, 0) is 9.84 Å². The minimum atomic E-state index is -4.36. The van der Waals surface area contributed by atoms with Gasteiger partial charge in [-0.2, -0.15) is 4.39 Å². The lowest BCUT2D eigenvalue weighted by atomic mass is 10.2. The predicted molar refractivity (Wildman–Crippen MR) is 87.2 cm³/mol. The molecule has 0 spiro atoms. The van der Waals surface area contributed by atoms with E-state index < -0.39 is 46.7 Å². The molecule has 0 fully saturated rings. The molecule has 0 unspecified atom stereocenters. The number of sulfone groups is 1. The molecule has 0 aliphatic carbocycles. The SMILES string of the molecule is O=[N+]([O-])c1cc(S(=O)(=O)c2ccc(NCCO)c([N+](=O)[O-])c2)ccc1F. The summed E-state index contributed by atoms with van der Waals surface area (Å²) in [5.74, 6) is -1.21. The molecule has 138 valence electrons. The molecule has 2 aromatic rings. The van der Waals surface area contributed by atoms with Crippen LogP contribution in [0.5, 0.6) is 0 Å². The number of nitrogens with zero attached hydrogens (tertiary/aromatic N) is 2. The van der Waals surface area contributed by atoms with Gasteiger partial charge in [0.2, 0.25) is 15.7 Å². The molecule has 0 amide bonds. The molecule has 0 saturated heterocycles. The van der Waals surface area contributed by atoms with E-state index in [0.29, 0.717) is 12.1 Å². The second-order valence-electron chi connectivity index (χ2n) is 4.96. The van der Waals surface area contributed by atoms with Crippen LogP contribution in [0, 0.1) is 26.0 Å². The number of hydrogen-bond acceptors (Lipinski definition) is 8. The van der Waals surface area contributed by atoms with E-state index in [2.05, 4.69) is 5.32 Å². The fourth-order valence-electron chi connectivity index (χ4n) is 2.11. The number of nitro benzene ring substituents is 2. The lowest BCUT2D eigenvalue weighted by molar-refractivity contribution is -0.387. The maximum atomic E-state index is 13.4. The normalized spacial score (nSPS) is 11.2. The molecule has 2 N–H and O–H groups in total. The molecule has 0 aliphatic rings. The lowest BCUT2D eigenvalue weighted by Gasteiger charge is -2.09. The third-order valence-electron chi connectivity index (χ3n) is 3.33. The molecule has 2 rings (SSSR count). The van der Waals surface area contributed by atoms with Crippen LogP contribution in [0.15, 0.2) is 46.2 Å². The van der Waals surface area contributed by atoms with Crippen molar-refractivity contribution in [3.05, 3.63) is 62.4 Å². The highest BCUT2D eigenvalue weighted by atomic mass is 32.2. The Bertz CT molecular complexity index is 979. The Labute approximate surface area is 146 Å². The van der Waals surface area contributed by atoms with Gasteiger partial charge in [-0.05, 0) is 24.3 Å². The summed E-state index contributed by atoms with van der Waals surface area (Å²) >= 11 is 0. The molecule has 0 bridgehead atoms. The molecule has 10 nitrogen and oxygen atoms in total. The summed E-state index contributed by atoms with van der Waals surface area (Å²) in [5, 5.41) is 33.3. The molecule has 0 atom stereocenters. The highest BCUT2D eigenvalue weighted by molar-refractivity contribution is 7.91. The molecule has 0 radical (unpaired) electrons. The van der Waals surface area contributed by atoms with Crippen molar-refractivity contribution in [3.8, 4) is 0 Å². The van der Waals surface area contributed by atoms with E-state index in [1.165, 1.54) is 0 Å². The predicted octanol–water partition coefficient (Wildman–Crippen LogP) is 1.88. The van der Waals surface area contributed by atoms with Crippen LogP contribution in [0.4, 0.5) is 21.5 Å². The molecule has 26 heavy (non-hydrogen) atoms. The first-order valence-electron chi connectivity index (χ1n) is 7.00. The minimum Gasteiger partial charge on any atom is -0.395 e. The van der Waals surface area contributed by atoms with E-state index >= 15 is 0 Å². The first-order valence-corrected chi connectivity index (χ1v) is 8.49. The van der Waals surface area contributed by atoms with E-state index in [-0.39, 0.29) is 18.8 Å². The van der Waals surface area contributed by atoms with Crippen molar-refractivity contribution in [2.24, 2.45) is 0 Å². The molecule has 0 aromatic heterocycles. The van der Waals surface area contributed by atoms with Crippen LogP contribution < -0.4 is 5.32 Å². The van der Waals surface area contributed by atoms with Crippen LogP contribution >= 0.6 is 0 Å². The maximum Gasteiger partial charge on any atom is 0.306 e. The summed E-state index contributed by atoms with van der Waals surface area (Å²) in [5.41, 5.74) is -1.59. The smallest absolute Gasteiger partial charge is 0.306 e. The average Bonchev–Trinajstić information content (AvgIpc) is 2.59. The number of benzene rings is 2. The minimum absolute atomic E-state index is 0.00640. The lowest BCUT2D eigenvalue weighted by Crippen LogP contribution is -2.09. The van der Waals surface area contributed by atoms with Crippen molar-refractivity contribution in [3.63, 3.8) is 0 Å². The van der Waals surface area contributed by atoms with Crippen LogP contribution in [0.25, 0.3) is 0 Å². The van der Waals surface area contributed by atoms with Crippen LogP contribution in [-0.4, -0.2) is 36.5 Å². The second-order valence-corrected chi connectivity index (χ2v) is 6.91. The first kappa shape index (κ1) is 19.2. The Morgan fingerprint density at radius 2 is 1.54 bits per heavy atom. The molecular weight excluding hydrogens is 373 g/mol. The van der Waals surface area contributed by atoms with Crippen LogP contribution in [0.1, 0.15) is 0 Å². The van der Waals surface area contributed by atoms with Crippen molar-refractivity contribution in [1.29, 1.82) is 0 Å². The zero-order valence-corrected chi connectivity index (χ0v) is 13.8. The highest BCUT2D eigenvalue weighted by Gasteiger charge is 2.26. The van der Waals surface area contributed by atoms with E-state index in [1.807, 2.05) is 0 Å². The van der Waals surface area contributed by atoms with Gasteiger partial charge in [0, 0.05) is 18.7 Å². The zero-order chi connectivity index (χ0) is 19.5. The summed E-state index contributed by atoms with van der Waals surface area (Å²) in [7, 11) is -4.36.